The summed E-state index contributed by atoms with van der Waals surface area (Å²) in [6.45, 7) is 7.26. The van der Waals surface area contributed by atoms with Crippen LogP contribution in [0.2, 0.25) is 0 Å². The van der Waals surface area contributed by atoms with E-state index in [-0.39, 0.29) is 5.91 Å². The molecule has 0 unspecified atom stereocenters. The summed E-state index contributed by atoms with van der Waals surface area (Å²) >= 11 is 1.50. The number of nitrogens with one attached hydrogen (secondary N) is 1. The number of hydrogen-bond donors (Lipinski definition) is 1. The van der Waals surface area contributed by atoms with E-state index in [9.17, 15) is 4.79 Å². The Kier molecular flexibility index (Phi) is 5.55. The number of unbranched alkanes of at least 4 members (excludes halogenated alkanes) is 1. The highest BCUT2D eigenvalue weighted by atomic mass is 32.2. The van der Waals surface area contributed by atoms with Crippen molar-refractivity contribution in [3.63, 3.8) is 0 Å². The standard InChI is InChI=1S/C12H21N3OS/c1-5-6-7-15-10(3)9(2)14-12(15)17-8-11(16)13-4/h5-8H2,1-4H3,(H,13,16). The summed E-state index contributed by atoms with van der Waals surface area (Å²) in [5, 5.41) is 3.58. The molecular formula is C12H21N3OS. The lowest BCUT2D eigenvalue weighted by Crippen LogP contribution is -2.20. The fourth-order valence-corrected chi connectivity index (χ4v) is 2.51. The Hall–Kier alpha value is -0.970. The number of nitrogens with zero attached hydrogens (tertiary/aromatic N) is 2. The average molecular weight is 255 g/mol. The van der Waals surface area contributed by atoms with Gasteiger partial charge in [0.2, 0.25) is 5.91 Å². The lowest BCUT2D eigenvalue weighted by Gasteiger charge is -2.08. The van der Waals surface area contributed by atoms with Crippen LogP contribution in [0.25, 0.3) is 0 Å². The molecule has 0 bridgehead atoms. The molecule has 0 aliphatic rings. The Morgan fingerprint density at radius 3 is 2.76 bits per heavy atom. The van der Waals surface area contributed by atoms with Gasteiger partial charge >= 0.3 is 0 Å². The van der Waals surface area contributed by atoms with Crippen LogP contribution in [0, 0.1) is 13.8 Å². The van der Waals surface area contributed by atoms with E-state index >= 15 is 0 Å². The van der Waals surface area contributed by atoms with Crippen molar-refractivity contribution >= 4 is 17.7 Å². The first kappa shape index (κ1) is 14.1. The van der Waals surface area contributed by atoms with E-state index in [0.717, 1.165) is 30.2 Å². The fraction of sp³-hybridized carbons (Fsp3) is 0.667. The first-order chi connectivity index (χ1) is 8.10. The van der Waals surface area contributed by atoms with Crippen molar-refractivity contribution in [3.8, 4) is 0 Å². The Morgan fingerprint density at radius 1 is 1.47 bits per heavy atom. The predicted octanol–water partition coefficient (Wildman–Crippen LogP) is 2.14. The molecular weight excluding hydrogens is 234 g/mol. The predicted molar refractivity (Wildman–Crippen MR) is 71.4 cm³/mol. The SMILES string of the molecule is CCCCn1c(SCC(=O)NC)nc(C)c1C. The normalized spacial score (nSPS) is 10.6. The van der Waals surface area contributed by atoms with Crippen LogP contribution in [-0.2, 0) is 11.3 Å². The molecule has 1 rings (SSSR count). The molecule has 1 N–H and O–H groups in total. The lowest BCUT2D eigenvalue weighted by atomic mass is 10.3. The summed E-state index contributed by atoms with van der Waals surface area (Å²) < 4.78 is 2.21. The van der Waals surface area contributed by atoms with Crippen molar-refractivity contribution in [1.29, 1.82) is 0 Å². The molecule has 17 heavy (non-hydrogen) atoms. The van der Waals surface area contributed by atoms with Crippen molar-refractivity contribution in [2.45, 2.75) is 45.3 Å². The molecule has 0 saturated heterocycles. The maximum atomic E-state index is 11.2. The van der Waals surface area contributed by atoms with Crippen LogP contribution in [0.5, 0.6) is 0 Å². The maximum absolute atomic E-state index is 11.2. The zero-order valence-corrected chi connectivity index (χ0v) is 11.9. The van der Waals surface area contributed by atoms with Crippen LogP contribution in [0.15, 0.2) is 5.16 Å². The van der Waals surface area contributed by atoms with Gasteiger partial charge < -0.3 is 9.88 Å². The van der Waals surface area contributed by atoms with Crippen LogP contribution in [0.1, 0.15) is 31.2 Å². The summed E-state index contributed by atoms with van der Waals surface area (Å²) in [5.41, 5.74) is 2.26. The Balaban J connectivity index is 2.75. The van der Waals surface area contributed by atoms with Crippen molar-refractivity contribution in [2.75, 3.05) is 12.8 Å². The highest BCUT2D eigenvalue weighted by Gasteiger charge is 2.12. The van der Waals surface area contributed by atoms with Crippen molar-refractivity contribution in [3.05, 3.63) is 11.4 Å². The second kappa shape index (κ2) is 6.69. The second-order valence-electron chi connectivity index (χ2n) is 4.03. The zero-order chi connectivity index (χ0) is 12.8. The van der Waals surface area contributed by atoms with Gasteiger partial charge in [-0.15, -0.1) is 0 Å². The summed E-state index contributed by atoms with van der Waals surface area (Å²) in [6.07, 6.45) is 2.31. The third kappa shape index (κ3) is 3.77. The van der Waals surface area contributed by atoms with Crippen LogP contribution in [0.3, 0.4) is 0 Å². The van der Waals surface area contributed by atoms with E-state index in [1.807, 2.05) is 6.92 Å². The number of hydrogen-bond acceptors (Lipinski definition) is 3. The van der Waals surface area contributed by atoms with Gasteiger partial charge in [0, 0.05) is 19.3 Å². The van der Waals surface area contributed by atoms with E-state index in [2.05, 4.69) is 28.7 Å². The van der Waals surface area contributed by atoms with Gasteiger partial charge in [0.1, 0.15) is 0 Å². The molecule has 1 aromatic rings. The maximum Gasteiger partial charge on any atom is 0.230 e. The minimum absolute atomic E-state index is 0.0374. The average Bonchev–Trinajstić information content (AvgIpc) is 2.60. The monoisotopic (exact) mass is 255 g/mol. The minimum Gasteiger partial charge on any atom is -0.358 e. The third-order valence-electron chi connectivity index (χ3n) is 2.77. The molecule has 1 heterocycles. The van der Waals surface area contributed by atoms with E-state index in [0.29, 0.717) is 5.75 Å². The number of aryl methyl sites for hydroxylation is 1. The number of imidazole rings is 1. The largest absolute Gasteiger partial charge is 0.358 e. The Labute approximate surface area is 107 Å². The van der Waals surface area contributed by atoms with Crippen LogP contribution in [0.4, 0.5) is 0 Å². The first-order valence-electron chi connectivity index (χ1n) is 5.97. The summed E-state index contributed by atoms with van der Waals surface area (Å²) in [7, 11) is 1.66. The molecule has 0 radical (unpaired) electrons. The molecule has 0 aliphatic heterocycles. The molecule has 1 amide bonds. The molecule has 1 aromatic heterocycles. The smallest absolute Gasteiger partial charge is 0.230 e. The van der Waals surface area contributed by atoms with Gasteiger partial charge in [0.15, 0.2) is 5.16 Å². The molecule has 5 heteroatoms. The van der Waals surface area contributed by atoms with E-state index in [4.69, 9.17) is 0 Å². The van der Waals surface area contributed by atoms with Gasteiger partial charge in [-0.25, -0.2) is 4.98 Å². The summed E-state index contributed by atoms with van der Waals surface area (Å²) in [4.78, 5) is 15.7. The number of amides is 1. The third-order valence-corrected chi connectivity index (χ3v) is 3.75. The number of aromatic nitrogens is 2. The molecule has 0 saturated carbocycles. The molecule has 0 aromatic carbocycles. The second-order valence-corrected chi connectivity index (χ2v) is 4.97. The van der Waals surface area contributed by atoms with Crippen LogP contribution < -0.4 is 5.32 Å². The quantitative estimate of drug-likeness (QED) is 0.792. The van der Waals surface area contributed by atoms with Crippen LogP contribution in [-0.4, -0.2) is 28.3 Å². The van der Waals surface area contributed by atoms with Crippen LogP contribution >= 0.6 is 11.8 Å². The van der Waals surface area contributed by atoms with Gasteiger partial charge in [0.05, 0.1) is 11.4 Å². The van der Waals surface area contributed by atoms with Crippen molar-refractivity contribution in [1.82, 2.24) is 14.9 Å². The van der Waals surface area contributed by atoms with E-state index < -0.39 is 0 Å². The number of thioether (sulfide) groups is 1. The van der Waals surface area contributed by atoms with E-state index in [1.165, 1.54) is 17.5 Å². The Bertz CT molecular complexity index is 387. The number of carbonyl (C=O) groups excluding carboxylic acids is 1. The number of carbonyl (C=O) groups is 1. The van der Waals surface area contributed by atoms with Gasteiger partial charge in [-0.2, -0.15) is 0 Å². The van der Waals surface area contributed by atoms with Gasteiger partial charge in [-0.1, -0.05) is 25.1 Å². The molecule has 0 fully saturated rings. The van der Waals surface area contributed by atoms with Gasteiger partial charge in [-0.3, -0.25) is 4.79 Å². The molecule has 0 spiro atoms. The highest BCUT2D eigenvalue weighted by molar-refractivity contribution is 7.99. The van der Waals surface area contributed by atoms with Gasteiger partial charge in [0.25, 0.3) is 0 Å². The molecule has 96 valence electrons. The van der Waals surface area contributed by atoms with Gasteiger partial charge in [-0.05, 0) is 20.3 Å². The van der Waals surface area contributed by atoms with E-state index in [1.54, 1.807) is 7.05 Å². The number of rotatable bonds is 6. The Morgan fingerprint density at radius 2 is 2.18 bits per heavy atom. The van der Waals surface area contributed by atoms with Crippen molar-refractivity contribution < 1.29 is 4.79 Å². The molecule has 4 nitrogen and oxygen atoms in total. The van der Waals surface area contributed by atoms with Crippen molar-refractivity contribution in [2.24, 2.45) is 0 Å². The first-order valence-corrected chi connectivity index (χ1v) is 6.95. The topological polar surface area (TPSA) is 46.9 Å². The molecule has 0 aliphatic carbocycles. The fourth-order valence-electron chi connectivity index (χ4n) is 1.52. The lowest BCUT2D eigenvalue weighted by molar-refractivity contribution is -0.118. The zero-order valence-electron chi connectivity index (χ0n) is 11.0. The summed E-state index contributed by atoms with van der Waals surface area (Å²) in [6, 6.07) is 0. The summed E-state index contributed by atoms with van der Waals surface area (Å²) in [5.74, 6) is 0.466. The highest BCUT2D eigenvalue weighted by Crippen LogP contribution is 2.21. The minimum atomic E-state index is 0.0374. The molecule has 0 atom stereocenters.